The lowest BCUT2D eigenvalue weighted by Crippen LogP contribution is -2.02. The molecular weight excluding hydrogens is 204 g/mol. The number of carbonyl (C=O) groups excluding carboxylic acids is 1. The second-order valence-electron chi connectivity index (χ2n) is 2.99. The Balaban J connectivity index is 2.98. The SMILES string of the molecule is C=CCOc1cccc(C=O)c1OCC=C. The number of ether oxygens (including phenoxy) is 2. The fraction of sp³-hybridized carbons (Fsp3) is 0.154. The fourth-order valence-corrected chi connectivity index (χ4v) is 1.18. The standard InChI is InChI=1S/C13H14O3/c1-3-8-15-12-7-5-6-11(10-14)13(12)16-9-4-2/h3-7,10H,1-2,8-9H2. The third kappa shape index (κ3) is 2.98. The molecule has 0 aliphatic carbocycles. The average molecular weight is 218 g/mol. The van der Waals surface area contributed by atoms with Crippen molar-refractivity contribution in [1.82, 2.24) is 0 Å². The Morgan fingerprint density at radius 3 is 2.44 bits per heavy atom. The third-order valence-corrected chi connectivity index (χ3v) is 1.84. The Bertz CT molecular complexity index is 383. The first-order valence-electron chi connectivity index (χ1n) is 4.89. The van der Waals surface area contributed by atoms with Gasteiger partial charge in [-0.3, -0.25) is 4.79 Å². The van der Waals surface area contributed by atoms with Crippen molar-refractivity contribution < 1.29 is 14.3 Å². The van der Waals surface area contributed by atoms with Crippen molar-refractivity contribution >= 4 is 6.29 Å². The van der Waals surface area contributed by atoms with Gasteiger partial charge in [-0.05, 0) is 12.1 Å². The monoisotopic (exact) mass is 218 g/mol. The van der Waals surface area contributed by atoms with E-state index in [-0.39, 0.29) is 0 Å². The van der Waals surface area contributed by atoms with Crippen LogP contribution < -0.4 is 9.47 Å². The summed E-state index contributed by atoms with van der Waals surface area (Å²) in [6.45, 7) is 7.81. The predicted molar refractivity (Wildman–Crippen MR) is 63.2 cm³/mol. The van der Waals surface area contributed by atoms with Crippen molar-refractivity contribution in [3.8, 4) is 11.5 Å². The number of rotatable bonds is 7. The summed E-state index contributed by atoms with van der Waals surface area (Å²) in [6, 6.07) is 5.16. The lowest BCUT2D eigenvalue weighted by Gasteiger charge is -2.12. The summed E-state index contributed by atoms with van der Waals surface area (Å²) in [5.41, 5.74) is 0.461. The molecule has 16 heavy (non-hydrogen) atoms. The summed E-state index contributed by atoms with van der Waals surface area (Å²) in [7, 11) is 0. The van der Waals surface area contributed by atoms with Crippen LogP contribution >= 0.6 is 0 Å². The quantitative estimate of drug-likeness (QED) is 0.521. The highest BCUT2D eigenvalue weighted by atomic mass is 16.5. The molecule has 0 saturated heterocycles. The zero-order valence-corrected chi connectivity index (χ0v) is 9.02. The Kier molecular flexibility index (Phi) is 4.86. The first-order chi connectivity index (χ1) is 7.83. The van der Waals surface area contributed by atoms with Gasteiger partial charge in [0.25, 0.3) is 0 Å². The smallest absolute Gasteiger partial charge is 0.172 e. The Morgan fingerprint density at radius 1 is 1.12 bits per heavy atom. The first-order valence-corrected chi connectivity index (χ1v) is 4.89. The number of aldehydes is 1. The van der Waals surface area contributed by atoms with E-state index in [4.69, 9.17) is 9.47 Å². The minimum Gasteiger partial charge on any atom is -0.486 e. The number of para-hydroxylation sites is 1. The van der Waals surface area contributed by atoms with Gasteiger partial charge < -0.3 is 9.47 Å². The average Bonchev–Trinajstić information content (AvgIpc) is 2.33. The number of hydrogen-bond donors (Lipinski definition) is 0. The van der Waals surface area contributed by atoms with Crippen molar-refractivity contribution in [3.05, 3.63) is 49.1 Å². The van der Waals surface area contributed by atoms with Crippen LogP contribution in [-0.4, -0.2) is 19.5 Å². The lowest BCUT2D eigenvalue weighted by atomic mass is 10.2. The molecule has 0 aliphatic heterocycles. The molecule has 84 valence electrons. The van der Waals surface area contributed by atoms with E-state index in [1.807, 2.05) is 0 Å². The summed E-state index contributed by atoms with van der Waals surface area (Å²) in [4.78, 5) is 10.8. The summed E-state index contributed by atoms with van der Waals surface area (Å²) >= 11 is 0. The molecule has 1 rings (SSSR count). The van der Waals surface area contributed by atoms with Crippen molar-refractivity contribution in [1.29, 1.82) is 0 Å². The molecule has 1 aromatic carbocycles. The van der Waals surface area contributed by atoms with Crippen LogP contribution in [0.3, 0.4) is 0 Å². The van der Waals surface area contributed by atoms with E-state index in [9.17, 15) is 4.79 Å². The molecule has 0 aromatic heterocycles. The minimum atomic E-state index is 0.329. The van der Waals surface area contributed by atoms with Gasteiger partial charge in [0, 0.05) is 0 Å². The molecule has 0 saturated carbocycles. The molecular formula is C13H14O3. The van der Waals surface area contributed by atoms with Crippen LogP contribution in [0.4, 0.5) is 0 Å². The Hall–Kier alpha value is -2.03. The second-order valence-corrected chi connectivity index (χ2v) is 2.99. The van der Waals surface area contributed by atoms with E-state index in [1.54, 1.807) is 30.4 Å². The van der Waals surface area contributed by atoms with Crippen LogP contribution in [0.25, 0.3) is 0 Å². The highest BCUT2D eigenvalue weighted by molar-refractivity contribution is 5.81. The predicted octanol–water partition coefficient (Wildman–Crippen LogP) is 2.63. The highest BCUT2D eigenvalue weighted by Crippen LogP contribution is 2.30. The van der Waals surface area contributed by atoms with Crippen LogP contribution in [-0.2, 0) is 0 Å². The van der Waals surface area contributed by atoms with Gasteiger partial charge >= 0.3 is 0 Å². The largest absolute Gasteiger partial charge is 0.486 e. The maximum absolute atomic E-state index is 10.8. The maximum Gasteiger partial charge on any atom is 0.172 e. The molecule has 0 atom stereocenters. The number of carbonyl (C=O) groups is 1. The van der Waals surface area contributed by atoms with Gasteiger partial charge in [-0.15, -0.1) is 0 Å². The summed E-state index contributed by atoms with van der Waals surface area (Å²) in [5.74, 6) is 0.977. The summed E-state index contributed by atoms with van der Waals surface area (Å²) < 4.78 is 10.8. The van der Waals surface area contributed by atoms with Crippen LogP contribution in [0.15, 0.2) is 43.5 Å². The molecule has 0 radical (unpaired) electrons. The van der Waals surface area contributed by atoms with Gasteiger partial charge in [0.05, 0.1) is 5.56 Å². The normalized spacial score (nSPS) is 9.25. The van der Waals surface area contributed by atoms with Gasteiger partial charge in [-0.25, -0.2) is 0 Å². The molecule has 0 aliphatic rings. The minimum absolute atomic E-state index is 0.329. The van der Waals surface area contributed by atoms with Gasteiger partial charge in [-0.2, -0.15) is 0 Å². The number of hydrogen-bond acceptors (Lipinski definition) is 3. The van der Waals surface area contributed by atoms with E-state index in [1.165, 1.54) is 0 Å². The fourth-order valence-electron chi connectivity index (χ4n) is 1.18. The van der Waals surface area contributed by atoms with E-state index >= 15 is 0 Å². The molecule has 3 heteroatoms. The van der Waals surface area contributed by atoms with Crippen LogP contribution in [0, 0.1) is 0 Å². The van der Waals surface area contributed by atoms with E-state index in [2.05, 4.69) is 13.2 Å². The molecule has 0 bridgehead atoms. The zero-order chi connectivity index (χ0) is 11.8. The van der Waals surface area contributed by atoms with Gasteiger partial charge in [-0.1, -0.05) is 31.4 Å². The van der Waals surface area contributed by atoms with Gasteiger partial charge in [0.15, 0.2) is 17.8 Å². The first kappa shape index (κ1) is 12.0. The Labute approximate surface area is 95.0 Å². The maximum atomic E-state index is 10.8. The molecule has 0 amide bonds. The second kappa shape index (κ2) is 6.45. The zero-order valence-electron chi connectivity index (χ0n) is 9.02. The van der Waals surface area contributed by atoms with E-state index < -0.39 is 0 Å². The molecule has 0 fully saturated rings. The van der Waals surface area contributed by atoms with Gasteiger partial charge in [0.1, 0.15) is 13.2 Å². The molecule has 0 spiro atoms. The van der Waals surface area contributed by atoms with Crippen LogP contribution in [0.2, 0.25) is 0 Å². The van der Waals surface area contributed by atoms with Crippen molar-refractivity contribution in [2.75, 3.05) is 13.2 Å². The Morgan fingerprint density at radius 2 is 1.81 bits per heavy atom. The topological polar surface area (TPSA) is 35.5 Å². The third-order valence-electron chi connectivity index (χ3n) is 1.84. The van der Waals surface area contributed by atoms with E-state index in [0.29, 0.717) is 30.3 Å². The molecule has 0 heterocycles. The molecule has 1 aromatic rings. The van der Waals surface area contributed by atoms with Crippen LogP contribution in [0.1, 0.15) is 10.4 Å². The molecule has 0 N–H and O–H groups in total. The highest BCUT2D eigenvalue weighted by Gasteiger charge is 2.09. The van der Waals surface area contributed by atoms with Crippen molar-refractivity contribution in [3.63, 3.8) is 0 Å². The van der Waals surface area contributed by atoms with Gasteiger partial charge in [0.2, 0.25) is 0 Å². The summed E-state index contributed by atoms with van der Waals surface area (Å²) in [5, 5.41) is 0. The van der Waals surface area contributed by atoms with Crippen molar-refractivity contribution in [2.24, 2.45) is 0 Å². The summed E-state index contributed by atoms with van der Waals surface area (Å²) in [6.07, 6.45) is 3.98. The number of benzene rings is 1. The van der Waals surface area contributed by atoms with Crippen molar-refractivity contribution in [2.45, 2.75) is 0 Å². The lowest BCUT2D eigenvalue weighted by molar-refractivity contribution is 0.111. The molecule has 0 unspecified atom stereocenters. The van der Waals surface area contributed by atoms with E-state index in [0.717, 1.165) is 6.29 Å². The van der Waals surface area contributed by atoms with Crippen LogP contribution in [0.5, 0.6) is 11.5 Å². The molecule has 3 nitrogen and oxygen atoms in total.